The molecule has 2 fully saturated rings. The molecule has 4 nitrogen and oxygen atoms in total. The second-order valence-electron chi connectivity index (χ2n) is 8.10. The third kappa shape index (κ3) is 4.18. The van der Waals surface area contributed by atoms with Gasteiger partial charge in [-0.1, -0.05) is 72.8 Å². The van der Waals surface area contributed by atoms with Gasteiger partial charge in [-0.3, -0.25) is 19.8 Å². The molecule has 2 amide bonds. The van der Waals surface area contributed by atoms with Crippen LogP contribution in [-0.2, 0) is 15.0 Å². The van der Waals surface area contributed by atoms with Crippen molar-refractivity contribution in [1.29, 1.82) is 0 Å². The van der Waals surface area contributed by atoms with Crippen molar-refractivity contribution in [3.05, 3.63) is 77.9 Å². The van der Waals surface area contributed by atoms with E-state index in [1.165, 1.54) is 5.56 Å². The Kier molecular flexibility index (Phi) is 5.91. The molecule has 2 aliphatic rings. The van der Waals surface area contributed by atoms with Gasteiger partial charge in [0, 0.05) is 13.0 Å². The van der Waals surface area contributed by atoms with Crippen LogP contribution in [0.2, 0.25) is 0 Å². The fourth-order valence-electron chi connectivity index (χ4n) is 4.87. The SMILES string of the molecule is O=C1CCC(c2ccccc2)(C2CCN(CC=Cc3ccccc3)CC2)C(=O)N1. The summed E-state index contributed by atoms with van der Waals surface area (Å²) in [6.45, 7) is 2.86. The summed E-state index contributed by atoms with van der Waals surface area (Å²) in [6, 6.07) is 20.4. The molecule has 0 radical (unpaired) electrons. The van der Waals surface area contributed by atoms with E-state index in [-0.39, 0.29) is 17.7 Å². The van der Waals surface area contributed by atoms with Gasteiger partial charge in [-0.2, -0.15) is 0 Å². The average Bonchev–Trinajstić information content (AvgIpc) is 2.76. The van der Waals surface area contributed by atoms with Crippen LogP contribution >= 0.6 is 0 Å². The molecule has 0 spiro atoms. The number of nitrogens with zero attached hydrogens (tertiary/aromatic N) is 1. The van der Waals surface area contributed by atoms with E-state index in [1.54, 1.807) is 0 Å². The van der Waals surface area contributed by atoms with Crippen LogP contribution in [0.5, 0.6) is 0 Å². The number of likely N-dealkylation sites (tertiary alicyclic amines) is 1. The average molecular weight is 389 g/mol. The Balaban J connectivity index is 1.44. The van der Waals surface area contributed by atoms with Gasteiger partial charge in [-0.05, 0) is 49.4 Å². The van der Waals surface area contributed by atoms with Gasteiger partial charge in [0.1, 0.15) is 0 Å². The van der Waals surface area contributed by atoms with E-state index in [0.29, 0.717) is 12.8 Å². The van der Waals surface area contributed by atoms with E-state index in [9.17, 15) is 9.59 Å². The van der Waals surface area contributed by atoms with E-state index in [2.05, 4.69) is 34.5 Å². The van der Waals surface area contributed by atoms with E-state index < -0.39 is 5.41 Å². The summed E-state index contributed by atoms with van der Waals surface area (Å²) in [6.07, 6.45) is 7.35. The van der Waals surface area contributed by atoms with Crippen LogP contribution in [0, 0.1) is 5.92 Å². The molecular formula is C25H28N2O2. The maximum absolute atomic E-state index is 13.1. The van der Waals surface area contributed by atoms with Gasteiger partial charge in [0.15, 0.2) is 0 Å². The Morgan fingerprint density at radius 1 is 0.966 bits per heavy atom. The lowest BCUT2D eigenvalue weighted by atomic mass is 9.62. The van der Waals surface area contributed by atoms with Crippen LogP contribution in [0.4, 0.5) is 0 Å². The van der Waals surface area contributed by atoms with Crippen molar-refractivity contribution in [2.75, 3.05) is 19.6 Å². The number of imide groups is 1. The molecule has 2 aliphatic heterocycles. The number of nitrogens with one attached hydrogen (secondary N) is 1. The Morgan fingerprint density at radius 3 is 2.28 bits per heavy atom. The second kappa shape index (κ2) is 8.75. The molecular weight excluding hydrogens is 360 g/mol. The van der Waals surface area contributed by atoms with Gasteiger partial charge in [0.25, 0.3) is 0 Å². The molecule has 4 rings (SSSR count). The first-order valence-corrected chi connectivity index (χ1v) is 10.5. The topological polar surface area (TPSA) is 49.4 Å². The number of carbonyl (C=O) groups is 2. The standard InChI is InChI=1S/C25H28N2O2/c28-23-13-16-25(24(29)26-23,21-11-5-2-6-12-21)22-14-18-27(19-15-22)17-7-10-20-8-3-1-4-9-20/h1-12,22H,13-19H2,(H,26,28,29). The number of hydrogen-bond acceptors (Lipinski definition) is 3. The molecule has 2 aromatic carbocycles. The summed E-state index contributed by atoms with van der Waals surface area (Å²) in [5.41, 5.74) is 1.68. The van der Waals surface area contributed by atoms with E-state index in [1.807, 2.05) is 48.5 Å². The normalized spacial score (nSPS) is 24.0. The summed E-state index contributed by atoms with van der Waals surface area (Å²) >= 11 is 0. The molecule has 0 aliphatic carbocycles. The Labute approximate surface area is 172 Å². The van der Waals surface area contributed by atoms with Crippen molar-refractivity contribution in [1.82, 2.24) is 10.2 Å². The Morgan fingerprint density at radius 2 is 1.62 bits per heavy atom. The molecule has 29 heavy (non-hydrogen) atoms. The lowest BCUT2D eigenvalue weighted by Crippen LogP contribution is -2.57. The zero-order valence-electron chi connectivity index (χ0n) is 16.7. The first-order chi connectivity index (χ1) is 14.2. The smallest absolute Gasteiger partial charge is 0.237 e. The fourth-order valence-corrected chi connectivity index (χ4v) is 4.87. The fraction of sp³-hybridized carbons (Fsp3) is 0.360. The predicted octanol–water partition coefficient (Wildman–Crippen LogP) is 3.79. The highest BCUT2D eigenvalue weighted by atomic mass is 16.2. The van der Waals surface area contributed by atoms with Crippen LogP contribution in [0.15, 0.2) is 66.7 Å². The maximum atomic E-state index is 13.1. The predicted molar refractivity (Wildman–Crippen MR) is 115 cm³/mol. The third-order valence-electron chi connectivity index (χ3n) is 6.45. The van der Waals surface area contributed by atoms with Crippen LogP contribution in [-0.4, -0.2) is 36.3 Å². The summed E-state index contributed by atoms with van der Waals surface area (Å²) in [5.74, 6) is -0.000215. The monoisotopic (exact) mass is 388 g/mol. The number of benzene rings is 2. The summed E-state index contributed by atoms with van der Waals surface area (Å²) < 4.78 is 0. The molecule has 1 unspecified atom stereocenters. The highest BCUT2D eigenvalue weighted by molar-refractivity contribution is 6.03. The minimum absolute atomic E-state index is 0.109. The maximum Gasteiger partial charge on any atom is 0.237 e. The van der Waals surface area contributed by atoms with Gasteiger partial charge in [-0.25, -0.2) is 0 Å². The number of carbonyl (C=O) groups excluding carboxylic acids is 2. The molecule has 2 saturated heterocycles. The summed E-state index contributed by atoms with van der Waals surface area (Å²) in [5, 5.41) is 2.63. The number of hydrogen-bond donors (Lipinski definition) is 1. The van der Waals surface area contributed by atoms with Crippen LogP contribution in [0.3, 0.4) is 0 Å². The minimum Gasteiger partial charge on any atom is -0.300 e. The molecule has 0 aromatic heterocycles. The molecule has 1 N–H and O–H groups in total. The van der Waals surface area contributed by atoms with Crippen molar-refractivity contribution in [3.8, 4) is 0 Å². The van der Waals surface area contributed by atoms with Crippen molar-refractivity contribution in [2.24, 2.45) is 5.92 Å². The van der Waals surface area contributed by atoms with Gasteiger partial charge in [0.05, 0.1) is 5.41 Å². The van der Waals surface area contributed by atoms with E-state index in [0.717, 1.165) is 38.0 Å². The summed E-state index contributed by atoms with van der Waals surface area (Å²) in [4.78, 5) is 27.3. The second-order valence-corrected chi connectivity index (χ2v) is 8.10. The number of amides is 2. The van der Waals surface area contributed by atoms with E-state index >= 15 is 0 Å². The first-order valence-electron chi connectivity index (χ1n) is 10.5. The van der Waals surface area contributed by atoms with Crippen molar-refractivity contribution >= 4 is 17.9 Å². The van der Waals surface area contributed by atoms with Crippen LogP contribution in [0.1, 0.15) is 36.8 Å². The summed E-state index contributed by atoms with van der Waals surface area (Å²) in [7, 11) is 0. The number of piperidine rings is 2. The first kappa shape index (κ1) is 19.6. The molecule has 2 heterocycles. The van der Waals surface area contributed by atoms with E-state index in [4.69, 9.17) is 0 Å². The molecule has 150 valence electrons. The van der Waals surface area contributed by atoms with Crippen molar-refractivity contribution < 1.29 is 9.59 Å². The molecule has 2 aromatic rings. The van der Waals surface area contributed by atoms with Gasteiger partial charge < -0.3 is 0 Å². The lowest BCUT2D eigenvalue weighted by molar-refractivity contribution is -0.140. The highest BCUT2D eigenvalue weighted by Gasteiger charge is 2.50. The zero-order chi connectivity index (χ0) is 20.1. The Bertz CT molecular complexity index is 870. The van der Waals surface area contributed by atoms with Gasteiger partial charge in [0.2, 0.25) is 11.8 Å². The van der Waals surface area contributed by atoms with Gasteiger partial charge in [-0.15, -0.1) is 0 Å². The quantitative estimate of drug-likeness (QED) is 0.793. The minimum atomic E-state index is -0.582. The third-order valence-corrected chi connectivity index (χ3v) is 6.45. The van der Waals surface area contributed by atoms with Crippen molar-refractivity contribution in [3.63, 3.8) is 0 Å². The van der Waals surface area contributed by atoms with Crippen molar-refractivity contribution in [2.45, 2.75) is 31.1 Å². The largest absolute Gasteiger partial charge is 0.300 e. The molecule has 0 saturated carbocycles. The highest BCUT2D eigenvalue weighted by Crippen LogP contribution is 2.44. The van der Waals surface area contributed by atoms with Gasteiger partial charge >= 0.3 is 0 Å². The molecule has 1 atom stereocenters. The zero-order valence-corrected chi connectivity index (χ0v) is 16.7. The number of rotatable bonds is 5. The Hall–Kier alpha value is -2.72. The lowest BCUT2D eigenvalue weighted by Gasteiger charge is -2.45. The molecule has 4 heteroatoms. The van der Waals surface area contributed by atoms with Crippen LogP contribution in [0.25, 0.3) is 6.08 Å². The van der Waals surface area contributed by atoms with Crippen LogP contribution < -0.4 is 5.32 Å². The molecule has 0 bridgehead atoms.